The molecule has 2 saturated heterocycles. The number of amides is 2. The number of ether oxygens (including phenoxy) is 2. The smallest absolute Gasteiger partial charge is 0.268 e. The minimum absolute atomic E-state index is 0.0123. The number of Topliss-reactive ketones (excluding diaryl/α,β-unsaturated/α-hetero) is 1. The second kappa shape index (κ2) is 8.22. The first-order chi connectivity index (χ1) is 15.5. The average Bonchev–Trinajstić information content (AvgIpc) is 3.47. The number of pyridine rings is 1. The molecule has 2 atom stereocenters. The van der Waals surface area contributed by atoms with E-state index in [-0.39, 0.29) is 23.6 Å². The molecule has 2 aliphatic heterocycles. The summed E-state index contributed by atoms with van der Waals surface area (Å²) in [5.41, 5.74) is 1.18. The summed E-state index contributed by atoms with van der Waals surface area (Å²) in [4.78, 5) is 41.7. The Hall–Kier alpha value is -3.49. The van der Waals surface area contributed by atoms with E-state index in [1.165, 1.54) is 17.2 Å². The van der Waals surface area contributed by atoms with Gasteiger partial charge in [0.2, 0.25) is 11.8 Å². The summed E-state index contributed by atoms with van der Waals surface area (Å²) >= 11 is 0. The van der Waals surface area contributed by atoms with Crippen molar-refractivity contribution in [1.82, 2.24) is 10.3 Å². The number of hydrogen-bond acceptors (Lipinski definition) is 6. The second-order valence-corrected chi connectivity index (χ2v) is 8.21. The van der Waals surface area contributed by atoms with Crippen molar-refractivity contribution in [2.24, 2.45) is 0 Å². The number of hydrogen-bond donors (Lipinski definition) is 1. The normalized spacial score (nSPS) is 22.3. The minimum atomic E-state index is -0.718. The lowest BCUT2D eigenvalue weighted by atomic mass is 10.1. The topological polar surface area (TPSA) is 97.8 Å². The SMILES string of the molecule is O=C1CC[C@@H](COc2ccc(O[C@@H]3CCN(c4cc(F)c5c(c4)C(=O)CC5)C3=O)cn2)N1. The van der Waals surface area contributed by atoms with Crippen LogP contribution in [0.1, 0.15) is 41.6 Å². The summed E-state index contributed by atoms with van der Waals surface area (Å²) in [5.74, 6) is 0.0199. The van der Waals surface area contributed by atoms with Crippen LogP contribution in [-0.4, -0.2) is 47.9 Å². The van der Waals surface area contributed by atoms with Gasteiger partial charge >= 0.3 is 0 Å². The van der Waals surface area contributed by atoms with Gasteiger partial charge in [-0.05, 0) is 36.6 Å². The Bertz CT molecular complexity index is 1090. The van der Waals surface area contributed by atoms with Crippen LogP contribution < -0.4 is 19.7 Å². The molecule has 0 bridgehead atoms. The predicted molar refractivity (Wildman–Crippen MR) is 111 cm³/mol. The first kappa shape index (κ1) is 20.4. The van der Waals surface area contributed by atoms with E-state index < -0.39 is 11.9 Å². The summed E-state index contributed by atoms with van der Waals surface area (Å²) in [6.45, 7) is 0.715. The molecule has 1 aromatic carbocycles. The number of fused-ring (bicyclic) bond motifs is 1. The summed E-state index contributed by atoms with van der Waals surface area (Å²) in [7, 11) is 0. The Kier molecular flexibility index (Phi) is 5.24. The van der Waals surface area contributed by atoms with E-state index in [1.54, 1.807) is 18.2 Å². The first-order valence-corrected chi connectivity index (χ1v) is 10.7. The molecule has 32 heavy (non-hydrogen) atoms. The van der Waals surface area contributed by atoms with Crippen LogP contribution in [0.4, 0.5) is 10.1 Å². The van der Waals surface area contributed by atoms with Crippen molar-refractivity contribution in [1.29, 1.82) is 0 Å². The molecule has 9 heteroatoms. The Morgan fingerprint density at radius 2 is 2.00 bits per heavy atom. The van der Waals surface area contributed by atoms with Crippen molar-refractivity contribution >= 4 is 23.3 Å². The molecule has 0 saturated carbocycles. The molecule has 166 valence electrons. The number of carbonyl (C=O) groups excluding carboxylic acids is 3. The third-order valence-electron chi connectivity index (χ3n) is 6.06. The van der Waals surface area contributed by atoms with Gasteiger partial charge in [-0.3, -0.25) is 14.4 Å². The van der Waals surface area contributed by atoms with Crippen molar-refractivity contribution in [3.8, 4) is 11.6 Å². The molecule has 2 amide bonds. The van der Waals surface area contributed by atoms with Crippen LogP contribution in [0.2, 0.25) is 0 Å². The monoisotopic (exact) mass is 439 g/mol. The van der Waals surface area contributed by atoms with E-state index in [0.717, 1.165) is 6.42 Å². The Morgan fingerprint density at radius 3 is 2.75 bits per heavy atom. The summed E-state index contributed by atoms with van der Waals surface area (Å²) in [5, 5.41) is 2.83. The fourth-order valence-electron chi connectivity index (χ4n) is 4.35. The van der Waals surface area contributed by atoms with Gasteiger partial charge in [-0.15, -0.1) is 0 Å². The Labute approximate surface area is 183 Å². The fourth-order valence-corrected chi connectivity index (χ4v) is 4.35. The van der Waals surface area contributed by atoms with Crippen molar-refractivity contribution in [2.45, 2.75) is 44.2 Å². The van der Waals surface area contributed by atoms with Crippen LogP contribution >= 0.6 is 0 Å². The maximum absolute atomic E-state index is 14.4. The quantitative estimate of drug-likeness (QED) is 0.741. The summed E-state index contributed by atoms with van der Waals surface area (Å²) < 4.78 is 25.8. The predicted octanol–water partition coefficient (Wildman–Crippen LogP) is 2.19. The highest BCUT2D eigenvalue weighted by Crippen LogP contribution is 2.32. The molecule has 1 aliphatic carbocycles. The fraction of sp³-hybridized carbons (Fsp3) is 0.391. The average molecular weight is 439 g/mol. The van der Waals surface area contributed by atoms with Gasteiger partial charge in [-0.1, -0.05) is 0 Å². The van der Waals surface area contributed by atoms with Crippen LogP contribution in [0, 0.1) is 5.82 Å². The van der Waals surface area contributed by atoms with E-state index in [4.69, 9.17) is 9.47 Å². The number of halogens is 1. The van der Waals surface area contributed by atoms with Crippen LogP contribution in [0.15, 0.2) is 30.5 Å². The van der Waals surface area contributed by atoms with E-state index in [0.29, 0.717) is 67.3 Å². The lowest BCUT2D eigenvalue weighted by molar-refractivity contribution is -0.123. The Balaban J connectivity index is 1.20. The van der Waals surface area contributed by atoms with E-state index in [2.05, 4.69) is 10.3 Å². The van der Waals surface area contributed by atoms with Crippen LogP contribution in [-0.2, 0) is 16.0 Å². The molecule has 0 spiro atoms. The molecule has 3 heterocycles. The van der Waals surface area contributed by atoms with Crippen LogP contribution in [0.25, 0.3) is 0 Å². The van der Waals surface area contributed by atoms with Gasteiger partial charge < -0.3 is 19.7 Å². The standard InChI is InChI=1S/C23H22FN3O5/c24-18-10-14(9-17-16(18)3-4-19(17)28)27-8-7-20(23(27)30)32-15-2-6-22(25-11-15)31-12-13-1-5-21(29)26-13/h2,6,9-11,13,20H,1,3-5,7-8,12H2,(H,26,29)/t13-,20+/m0/s1. The number of anilines is 1. The highest BCUT2D eigenvalue weighted by molar-refractivity contribution is 6.04. The van der Waals surface area contributed by atoms with E-state index >= 15 is 0 Å². The van der Waals surface area contributed by atoms with Crippen molar-refractivity contribution < 1.29 is 28.2 Å². The maximum Gasteiger partial charge on any atom is 0.268 e. The zero-order valence-electron chi connectivity index (χ0n) is 17.3. The molecule has 5 rings (SSSR count). The molecule has 3 aliphatic rings. The maximum atomic E-state index is 14.4. The van der Waals surface area contributed by atoms with Crippen LogP contribution in [0.5, 0.6) is 11.6 Å². The molecule has 0 radical (unpaired) electrons. The van der Waals surface area contributed by atoms with Gasteiger partial charge in [0.15, 0.2) is 11.9 Å². The second-order valence-electron chi connectivity index (χ2n) is 8.21. The van der Waals surface area contributed by atoms with E-state index in [9.17, 15) is 18.8 Å². The molecule has 1 N–H and O–H groups in total. The largest absolute Gasteiger partial charge is 0.479 e. The molecule has 0 unspecified atom stereocenters. The number of benzene rings is 1. The lowest BCUT2D eigenvalue weighted by Crippen LogP contribution is -2.32. The summed E-state index contributed by atoms with van der Waals surface area (Å²) in [6.07, 6.45) is 3.15. The highest BCUT2D eigenvalue weighted by Gasteiger charge is 2.36. The molecule has 2 aromatic rings. The molecule has 2 fully saturated rings. The Morgan fingerprint density at radius 1 is 1.12 bits per heavy atom. The summed E-state index contributed by atoms with van der Waals surface area (Å²) in [6, 6.07) is 6.22. The van der Waals surface area contributed by atoms with Gasteiger partial charge in [0.25, 0.3) is 5.91 Å². The number of aromatic nitrogens is 1. The van der Waals surface area contributed by atoms with Crippen molar-refractivity contribution in [3.05, 3.63) is 47.4 Å². The van der Waals surface area contributed by atoms with Gasteiger partial charge in [-0.2, -0.15) is 0 Å². The third kappa shape index (κ3) is 3.90. The van der Waals surface area contributed by atoms with Gasteiger partial charge in [0.1, 0.15) is 18.2 Å². The number of nitrogens with one attached hydrogen (secondary N) is 1. The van der Waals surface area contributed by atoms with Crippen molar-refractivity contribution in [2.75, 3.05) is 18.1 Å². The number of rotatable bonds is 6. The highest BCUT2D eigenvalue weighted by atomic mass is 19.1. The van der Waals surface area contributed by atoms with Gasteiger partial charge in [-0.25, -0.2) is 9.37 Å². The van der Waals surface area contributed by atoms with Gasteiger partial charge in [0, 0.05) is 43.1 Å². The molecule has 8 nitrogen and oxygen atoms in total. The number of ketones is 1. The lowest BCUT2D eigenvalue weighted by Gasteiger charge is -2.18. The molecular weight excluding hydrogens is 417 g/mol. The van der Waals surface area contributed by atoms with Crippen LogP contribution in [0.3, 0.4) is 0 Å². The first-order valence-electron chi connectivity index (χ1n) is 10.7. The zero-order chi connectivity index (χ0) is 22.2. The van der Waals surface area contributed by atoms with E-state index in [1.807, 2.05) is 0 Å². The van der Waals surface area contributed by atoms with Crippen molar-refractivity contribution in [3.63, 3.8) is 0 Å². The minimum Gasteiger partial charge on any atom is -0.479 e. The molecular formula is C23H22FN3O5. The number of carbonyl (C=O) groups is 3. The number of nitrogens with zero attached hydrogens (tertiary/aromatic N) is 2. The third-order valence-corrected chi connectivity index (χ3v) is 6.06. The van der Waals surface area contributed by atoms with Gasteiger partial charge in [0.05, 0.1) is 12.2 Å². The zero-order valence-corrected chi connectivity index (χ0v) is 17.3. The molecule has 1 aromatic heterocycles.